The Kier molecular flexibility index (Phi) is 5.96. The molecule has 3 N–H and O–H groups in total. The predicted molar refractivity (Wildman–Crippen MR) is 91.7 cm³/mol. The standard InChI is InChI=1S/C13H14Cl2N4O2S/c14-8-2-1-3-9(15)10(8)17-18-11(12(16)22)13(20)19-4-6-21-7-5-19/h1-3,17H,4-7H2,(H2,16,22)/b18-11-. The number of nitrogens with two attached hydrogens (primary N) is 1. The molecule has 6 nitrogen and oxygen atoms in total. The van der Waals surface area contributed by atoms with Crippen molar-refractivity contribution in [1.82, 2.24) is 4.90 Å². The highest BCUT2D eigenvalue weighted by atomic mass is 35.5. The minimum atomic E-state index is -0.355. The number of morpholine rings is 1. The Morgan fingerprint density at radius 3 is 2.45 bits per heavy atom. The first-order chi connectivity index (χ1) is 10.5. The molecule has 1 aliphatic rings. The van der Waals surface area contributed by atoms with Gasteiger partial charge in [-0.3, -0.25) is 10.2 Å². The first-order valence-corrected chi connectivity index (χ1v) is 7.61. The van der Waals surface area contributed by atoms with Crippen LogP contribution in [0, 0.1) is 0 Å². The lowest BCUT2D eigenvalue weighted by atomic mass is 10.3. The molecular weight excluding hydrogens is 347 g/mol. The number of carbonyl (C=O) groups excluding carboxylic acids is 1. The first-order valence-electron chi connectivity index (χ1n) is 6.45. The van der Waals surface area contributed by atoms with E-state index in [0.717, 1.165) is 0 Å². The number of ether oxygens (including phenoxy) is 1. The highest BCUT2D eigenvalue weighted by Gasteiger charge is 2.24. The van der Waals surface area contributed by atoms with Crippen LogP contribution in [0.5, 0.6) is 0 Å². The molecule has 2 rings (SSSR count). The van der Waals surface area contributed by atoms with Crippen molar-refractivity contribution in [3.63, 3.8) is 0 Å². The molecule has 1 amide bonds. The van der Waals surface area contributed by atoms with Gasteiger partial charge in [-0.1, -0.05) is 41.5 Å². The van der Waals surface area contributed by atoms with Crippen molar-refractivity contribution in [3.05, 3.63) is 28.2 Å². The minimum Gasteiger partial charge on any atom is -0.388 e. The molecule has 1 aliphatic heterocycles. The van der Waals surface area contributed by atoms with Gasteiger partial charge >= 0.3 is 0 Å². The van der Waals surface area contributed by atoms with E-state index in [4.69, 9.17) is 45.9 Å². The maximum absolute atomic E-state index is 12.4. The summed E-state index contributed by atoms with van der Waals surface area (Å²) in [5.74, 6) is -0.355. The zero-order valence-corrected chi connectivity index (χ0v) is 13.8. The van der Waals surface area contributed by atoms with Crippen LogP contribution in [-0.4, -0.2) is 47.8 Å². The summed E-state index contributed by atoms with van der Waals surface area (Å²) < 4.78 is 5.20. The van der Waals surface area contributed by atoms with Crippen LogP contribution in [0.25, 0.3) is 0 Å². The first kappa shape index (κ1) is 17.0. The second-order valence-electron chi connectivity index (χ2n) is 4.44. The number of amides is 1. The zero-order chi connectivity index (χ0) is 16.1. The van der Waals surface area contributed by atoms with Gasteiger partial charge in [-0.05, 0) is 12.1 Å². The monoisotopic (exact) mass is 360 g/mol. The van der Waals surface area contributed by atoms with E-state index in [0.29, 0.717) is 42.0 Å². The van der Waals surface area contributed by atoms with E-state index in [-0.39, 0.29) is 16.6 Å². The number of hydrazone groups is 1. The van der Waals surface area contributed by atoms with Crippen molar-refractivity contribution in [3.8, 4) is 0 Å². The number of nitrogens with one attached hydrogen (secondary N) is 1. The van der Waals surface area contributed by atoms with E-state index in [1.54, 1.807) is 23.1 Å². The van der Waals surface area contributed by atoms with Crippen molar-refractivity contribution < 1.29 is 9.53 Å². The summed E-state index contributed by atoms with van der Waals surface area (Å²) in [6.45, 7) is 1.88. The van der Waals surface area contributed by atoms with E-state index >= 15 is 0 Å². The summed E-state index contributed by atoms with van der Waals surface area (Å²) in [7, 11) is 0. The van der Waals surface area contributed by atoms with Gasteiger partial charge in [-0.15, -0.1) is 0 Å². The number of benzene rings is 1. The highest BCUT2D eigenvalue weighted by molar-refractivity contribution is 7.82. The van der Waals surface area contributed by atoms with Gasteiger partial charge in [-0.2, -0.15) is 5.10 Å². The van der Waals surface area contributed by atoms with Crippen LogP contribution < -0.4 is 11.2 Å². The van der Waals surface area contributed by atoms with Gasteiger partial charge in [-0.25, -0.2) is 0 Å². The van der Waals surface area contributed by atoms with Gasteiger partial charge in [0.1, 0.15) is 4.99 Å². The number of nitrogens with zero attached hydrogens (tertiary/aromatic N) is 2. The van der Waals surface area contributed by atoms with Crippen LogP contribution in [0.3, 0.4) is 0 Å². The second-order valence-corrected chi connectivity index (χ2v) is 5.69. The Labute approximate surface area is 143 Å². The number of carbonyl (C=O) groups is 1. The minimum absolute atomic E-state index is 0.0483. The third-order valence-electron chi connectivity index (χ3n) is 2.98. The number of hydrogen-bond donors (Lipinski definition) is 2. The molecule has 0 aliphatic carbocycles. The van der Waals surface area contributed by atoms with E-state index in [1.165, 1.54) is 0 Å². The van der Waals surface area contributed by atoms with Gasteiger partial charge < -0.3 is 15.4 Å². The fourth-order valence-electron chi connectivity index (χ4n) is 1.84. The summed E-state index contributed by atoms with van der Waals surface area (Å²) in [5, 5.41) is 4.73. The van der Waals surface area contributed by atoms with Gasteiger partial charge in [0.2, 0.25) is 0 Å². The Hall–Kier alpha value is -1.41. The Morgan fingerprint density at radius 1 is 1.32 bits per heavy atom. The van der Waals surface area contributed by atoms with Gasteiger partial charge in [0.25, 0.3) is 5.91 Å². The molecule has 9 heteroatoms. The van der Waals surface area contributed by atoms with Crippen LogP contribution in [-0.2, 0) is 9.53 Å². The third-order valence-corrected chi connectivity index (χ3v) is 3.80. The number of para-hydroxylation sites is 1. The fourth-order valence-corrected chi connectivity index (χ4v) is 2.46. The molecule has 0 unspecified atom stereocenters. The normalized spacial score (nSPS) is 15.5. The maximum atomic E-state index is 12.4. The van der Waals surface area contributed by atoms with Crippen LogP contribution in [0.2, 0.25) is 10.0 Å². The zero-order valence-electron chi connectivity index (χ0n) is 11.5. The van der Waals surface area contributed by atoms with Crippen LogP contribution in [0.1, 0.15) is 0 Å². The molecule has 0 saturated carbocycles. The molecule has 0 bridgehead atoms. The quantitative estimate of drug-likeness (QED) is 0.487. The lowest BCUT2D eigenvalue weighted by Gasteiger charge is -2.26. The maximum Gasteiger partial charge on any atom is 0.277 e. The molecule has 0 atom stereocenters. The molecule has 118 valence electrons. The smallest absolute Gasteiger partial charge is 0.277 e. The average molecular weight is 361 g/mol. The number of halogens is 2. The Morgan fingerprint density at radius 2 is 1.91 bits per heavy atom. The predicted octanol–water partition coefficient (Wildman–Crippen LogP) is 1.91. The van der Waals surface area contributed by atoms with Crippen LogP contribution >= 0.6 is 35.4 Å². The van der Waals surface area contributed by atoms with Crippen molar-refractivity contribution in [1.29, 1.82) is 0 Å². The van der Waals surface area contributed by atoms with Crippen LogP contribution in [0.4, 0.5) is 5.69 Å². The van der Waals surface area contributed by atoms with Crippen molar-refractivity contribution in [2.24, 2.45) is 10.8 Å². The van der Waals surface area contributed by atoms with Crippen LogP contribution in [0.15, 0.2) is 23.3 Å². The fraction of sp³-hybridized carbons (Fsp3) is 0.308. The molecule has 1 heterocycles. The van der Waals surface area contributed by atoms with Gasteiger partial charge in [0.05, 0.1) is 28.9 Å². The molecule has 0 spiro atoms. The summed E-state index contributed by atoms with van der Waals surface area (Å²) >= 11 is 17.0. The number of rotatable bonds is 4. The summed E-state index contributed by atoms with van der Waals surface area (Å²) in [6, 6.07) is 5.00. The lowest BCUT2D eigenvalue weighted by Crippen LogP contribution is -2.47. The average Bonchev–Trinajstić information content (AvgIpc) is 2.50. The molecule has 1 fully saturated rings. The largest absolute Gasteiger partial charge is 0.388 e. The Bertz CT molecular complexity index is 598. The summed E-state index contributed by atoms with van der Waals surface area (Å²) in [5.41, 5.74) is 8.60. The van der Waals surface area contributed by atoms with Gasteiger partial charge in [0, 0.05) is 13.1 Å². The summed E-state index contributed by atoms with van der Waals surface area (Å²) in [6.07, 6.45) is 0. The molecule has 1 aromatic carbocycles. The molecule has 22 heavy (non-hydrogen) atoms. The van der Waals surface area contributed by atoms with Gasteiger partial charge in [0.15, 0.2) is 5.71 Å². The molecule has 1 aromatic rings. The SMILES string of the molecule is NC(=S)/C(=N/Nc1c(Cl)cccc1Cl)C(=O)N1CCOCC1. The topological polar surface area (TPSA) is 79.9 Å². The highest BCUT2D eigenvalue weighted by Crippen LogP contribution is 2.29. The van der Waals surface area contributed by atoms with E-state index in [9.17, 15) is 4.79 Å². The number of thiocarbonyl (C=S) groups is 1. The van der Waals surface area contributed by atoms with E-state index in [2.05, 4.69) is 10.5 Å². The second kappa shape index (κ2) is 7.73. The van der Waals surface area contributed by atoms with Crippen molar-refractivity contribution in [2.75, 3.05) is 31.7 Å². The molecule has 0 aromatic heterocycles. The lowest BCUT2D eigenvalue weighted by molar-refractivity contribution is -0.127. The molecule has 1 saturated heterocycles. The van der Waals surface area contributed by atoms with Crippen molar-refractivity contribution >= 4 is 57.7 Å². The van der Waals surface area contributed by atoms with E-state index < -0.39 is 0 Å². The van der Waals surface area contributed by atoms with Crippen molar-refractivity contribution in [2.45, 2.75) is 0 Å². The number of anilines is 1. The Balaban J connectivity index is 2.20. The van der Waals surface area contributed by atoms with E-state index in [1.807, 2.05) is 0 Å². The third kappa shape index (κ3) is 4.07. The number of hydrogen-bond acceptors (Lipinski definition) is 5. The molecular formula is C13H14Cl2N4O2S. The summed E-state index contributed by atoms with van der Waals surface area (Å²) in [4.78, 5) is 13.9. The molecule has 0 radical (unpaired) electrons.